The molecular weight excluding hydrogens is 346 g/mol. The molecule has 0 aromatic heterocycles. The fraction of sp³-hybridized carbons (Fsp3) is 0.222. The van der Waals surface area contributed by atoms with E-state index in [1.807, 2.05) is 32.0 Å². The molecule has 0 saturated heterocycles. The molecule has 0 heterocycles. The third kappa shape index (κ3) is 3.57. The standard InChI is InChI=1S/C18H20ClNO3S/c1-5-10-20(17-11-13(2)6-7-14(17)3)24(21,22)15-8-9-18(23-4)16(19)12-15/h5-9,11-12H,1,10H2,2-4H3. The summed E-state index contributed by atoms with van der Waals surface area (Å²) in [5.74, 6) is 0.428. The van der Waals surface area contributed by atoms with Crippen LogP contribution in [0.1, 0.15) is 11.1 Å². The van der Waals surface area contributed by atoms with Gasteiger partial charge in [0.15, 0.2) is 0 Å². The Bertz CT molecular complexity index is 863. The first-order valence-electron chi connectivity index (χ1n) is 7.35. The monoisotopic (exact) mass is 365 g/mol. The first kappa shape index (κ1) is 18.4. The van der Waals surface area contributed by atoms with Crippen molar-refractivity contribution in [2.45, 2.75) is 18.7 Å². The fourth-order valence-electron chi connectivity index (χ4n) is 2.37. The van der Waals surface area contributed by atoms with Crippen molar-refractivity contribution in [1.82, 2.24) is 0 Å². The molecule has 2 aromatic carbocycles. The highest BCUT2D eigenvalue weighted by atomic mass is 35.5. The fourth-order valence-corrected chi connectivity index (χ4v) is 4.21. The predicted octanol–water partition coefficient (Wildman–Crippen LogP) is 4.35. The normalized spacial score (nSPS) is 11.2. The number of nitrogens with zero attached hydrogens (tertiary/aromatic N) is 1. The van der Waals surface area contributed by atoms with E-state index in [2.05, 4.69) is 6.58 Å². The summed E-state index contributed by atoms with van der Waals surface area (Å²) >= 11 is 6.09. The van der Waals surface area contributed by atoms with Crippen molar-refractivity contribution in [2.24, 2.45) is 0 Å². The predicted molar refractivity (Wildman–Crippen MR) is 98.6 cm³/mol. The van der Waals surface area contributed by atoms with E-state index < -0.39 is 10.0 Å². The molecule has 24 heavy (non-hydrogen) atoms. The molecule has 2 aromatic rings. The molecule has 0 fully saturated rings. The van der Waals surface area contributed by atoms with Crippen LogP contribution in [0.25, 0.3) is 0 Å². The van der Waals surface area contributed by atoms with Crippen molar-refractivity contribution in [3.63, 3.8) is 0 Å². The van der Waals surface area contributed by atoms with Gasteiger partial charge >= 0.3 is 0 Å². The first-order valence-corrected chi connectivity index (χ1v) is 9.17. The van der Waals surface area contributed by atoms with E-state index in [1.54, 1.807) is 12.1 Å². The highest BCUT2D eigenvalue weighted by Gasteiger charge is 2.26. The molecule has 0 amide bonds. The number of benzene rings is 2. The number of rotatable bonds is 6. The summed E-state index contributed by atoms with van der Waals surface area (Å²) < 4.78 is 32.7. The van der Waals surface area contributed by atoms with Gasteiger partial charge in [0, 0.05) is 0 Å². The number of hydrogen-bond donors (Lipinski definition) is 0. The molecule has 0 unspecified atom stereocenters. The number of anilines is 1. The highest BCUT2D eigenvalue weighted by Crippen LogP contribution is 2.31. The van der Waals surface area contributed by atoms with Gasteiger partial charge in [-0.05, 0) is 49.2 Å². The molecule has 0 N–H and O–H groups in total. The highest BCUT2D eigenvalue weighted by molar-refractivity contribution is 7.92. The van der Waals surface area contributed by atoms with Crippen LogP contribution in [0.2, 0.25) is 5.02 Å². The first-order chi connectivity index (χ1) is 11.3. The molecule has 0 atom stereocenters. The Morgan fingerprint density at radius 3 is 2.50 bits per heavy atom. The second-order valence-corrected chi connectivity index (χ2v) is 7.68. The van der Waals surface area contributed by atoms with Crippen LogP contribution in [0.4, 0.5) is 5.69 Å². The number of hydrogen-bond acceptors (Lipinski definition) is 3. The van der Waals surface area contributed by atoms with Gasteiger partial charge in [0.05, 0.1) is 29.3 Å². The quantitative estimate of drug-likeness (QED) is 0.715. The number of methoxy groups -OCH3 is 1. The maximum Gasteiger partial charge on any atom is 0.264 e. The summed E-state index contributed by atoms with van der Waals surface area (Å²) in [4.78, 5) is 0.107. The summed E-state index contributed by atoms with van der Waals surface area (Å²) in [6, 6.07) is 10.1. The summed E-state index contributed by atoms with van der Waals surface area (Å²) in [6.07, 6.45) is 1.56. The molecule has 0 bridgehead atoms. The van der Waals surface area contributed by atoms with E-state index in [0.717, 1.165) is 11.1 Å². The second kappa shape index (κ2) is 7.28. The minimum absolute atomic E-state index is 0.107. The van der Waals surface area contributed by atoms with Crippen LogP contribution in [0.3, 0.4) is 0 Å². The Hall–Kier alpha value is -1.98. The Kier molecular flexibility index (Phi) is 5.57. The summed E-state index contributed by atoms with van der Waals surface area (Å²) in [6.45, 7) is 7.64. The average Bonchev–Trinajstić information content (AvgIpc) is 2.54. The van der Waals surface area contributed by atoms with Crippen molar-refractivity contribution in [1.29, 1.82) is 0 Å². The Balaban J connectivity index is 2.59. The van der Waals surface area contributed by atoms with Gasteiger partial charge in [-0.3, -0.25) is 4.31 Å². The molecule has 4 nitrogen and oxygen atoms in total. The van der Waals surface area contributed by atoms with Gasteiger partial charge in [-0.2, -0.15) is 0 Å². The maximum atomic E-state index is 13.1. The lowest BCUT2D eigenvalue weighted by atomic mass is 10.1. The van der Waals surface area contributed by atoms with Gasteiger partial charge in [0.25, 0.3) is 10.0 Å². The van der Waals surface area contributed by atoms with Crippen molar-refractivity contribution < 1.29 is 13.2 Å². The Labute approximate surface area is 148 Å². The molecule has 128 valence electrons. The minimum atomic E-state index is -3.78. The van der Waals surface area contributed by atoms with Crippen LogP contribution in [-0.2, 0) is 10.0 Å². The zero-order valence-electron chi connectivity index (χ0n) is 13.9. The van der Waals surface area contributed by atoms with E-state index in [-0.39, 0.29) is 16.5 Å². The van der Waals surface area contributed by atoms with E-state index in [9.17, 15) is 8.42 Å². The van der Waals surface area contributed by atoms with Gasteiger partial charge in [-0.15, -0.1) is 6.58 Å². The maximum absolute atomic E-state index is 13.1. The van der Waals surface area contributed by atoms with E-state index in [1.165, 1.54) is 23.5 Å². The van der Waals surface area contributed by atoms with E-state index in [0.29, 0.717) is 11.4 Å². The molecule has 0 aliphatic rings. The molecule has 0 aliphatic heterocycles. The molecule has 2 rings (SSSR count). The zero-order valence-corrected chi connectivity index (χ0v) is 15.5. The number of halogens is 1. The smallest absolute Gasteiger partial charge is 0.264 e. The van der Waals surface area contributed by atoms with Crippen LogP contribution < -0.4 is 9.04 Å². The third-order valence-corrected chi connectivity index (χ3v) is 5.71. The molecule has 0 aliphatic carbocycles. The molecule has 0 radical (unpaired) electrons. The van der Waals surface area contributed by atoms with Crippen LogP contribution in [0, 0.1) is 13.8 Å². The summed E-state index contributed by atoms with van der Waals surface area (Å²) in [5.41, 5.74) is 2.47. The van der Waals surface area contributed by atoms with Crippen LogP contribution >= 0.6 is 11.6 Å². The summed E-state index contributed by atoms with van der Waals surface area (Å²) in [7, 11) is -2.30. The topological polar surface area (TPSA) is 46.6 Å². The average molecular weight is 366 g/mol. The SMILES string of the molecule is C=CCN(c1cc(C)ccc1C)S(=O)(=O)c1ccc(OC)c(Cl)c1. The lowest BCUT2D eigenvalue weighted by Crippen LogP contribution is -2.31. The van der Waals surface area contributed by atoms with E-state index >= 15 is 0 Å². The molecule has 6 heteroatoms. The molecular formula is C18H20ClNO3S. The third-order valence-electron chi connectivity index (χ3n) is 3.64. The summed E-state index contributed by atoms with van der Waals surface area (Å²) in [5, 5.41) is 0.248. The molecule has 0 spiro atoms. The number of aryl methyl sites for hydroxylation is 2. The van der Waals surface area contributed by atoms with Crippen molar-refractivity contribution in [2.75, 3.05) is 18.0 Å². The van der Waals surface area contributed by atoms with Crippen molar-refractivity contribution in [3.8, 4) is 5.75 Å². The lowest BCUT2D eigenvalue weighted by molar-refractivity contribution is 0.414. The second-order valence-electron chi connectivity index (χ2n) is 5.41. The molecule has 0 saturated carbocycles. The Morgan fingerprint density at radius 2 is 1.92 bits per heavy atom. The Morgan fingerprint density at radius 1 is 1.21 bits per heavy atom. The van der Waals surface area contributed by atoms with Crippen LogP contribution in [0.15, 0.2) is 53.9 Å². The number of sulfonamides is 1. The van der Waals surface area contributed by atoms with Gasteiger partial charge in [0.2, 0.25) is 0 Å². The largest absolute Gasteiger partial charge is 0.495 e. The van der Waals surface area contributed by atoms with Crippen molar-refractivity contribution >= 4 is 27.3 Å². The van der Waals surface area contributed by atoms with Crippen LogP contribution in [0.5, 0.6) is 5.75 Å². The number of ether oxygens (including phenoxy) is 1. The van der Waals surface area contributed by atoms with E-state index in [4.69, 9.17) is 16.3 Å². The van der Waals surface area contributed by atoms with Crippen LogP contribution in [-0.4, -0.2) is 22.1 Å². The minimum Gasteiger partial charge on any atom is -0.495 e. The van der Waals surface area contributed by atoms with Gasteiger partial charge in [0.1, 0.15) is 5.75 Å². The van der Waals surface area contributed by atoms with Gasteiger partial charge < -0.3 is 4.74 Å². The van der Waals surface area contributed by atoms with Crippen molar-refractivity contribution in [3.05, 3.63) is 65.2 Å². The van der Waals surface area contributed by atoms with Gasteiger partial charge in [-0.25, -0.2) is 8.42 Å². The lowest BCUT2D eigenvalue weighted by Gasteiger charge is -2.25. The van der Waals surface area contributed by atoms with Gasteiger partial charge in [-0.1, -0.05) is 29.8 Å². The zero-order chi connectivity index (χ0) is 17.9.